The first-order valence-corrected chi connectivity index (χ1v) is 7.57. The van der Waals surface area contributed by atoms with Gasteiger partial charge in [-0.25, -0.2) is 0 Å². The van der Waals surface area contributed by atoms with E-state index >= 15 is 0 Å². The van der Waals surface area contributed by atoms with Gasteiger partial charge in [0.15, 0.2) is 5.78 Å². The standard InChI is InChI=1S/C14H15F3O2S/c15-14(16,17)19-13-4-2-1-3-11(13)12(18)9-10-5-7-20-8-6-10/h1-4,10H,5-9H2. The number of rotatable bonds is 4. The van der Waals surface area contributed by atoms with Crippen LogP contribution in [0, 0.1) is 5.92 Å². The van der Waals surface area contributed by atoms with Crippen LogP contribution in [0.15, 0.2) is 24.3 Å². The van der Waals surface area contributed by atoms with Crippen molar-refractivity contribution in [2.45, 2.75) is 25.6 Å². The summed E-state index contributed by atoms with van der Waals surface area (Å²) in [6.45, 7) is 0. The van der Waals surface area contributed by atoms with Gasteiger partial charge in [-0.3, -0.25) is 4.79 Å². The summed E-state index contributed by atoms with van der Waals surface area (Å²) in [6.07, 6.45) is -2.60. The smallest absolute Gasteiger partial charge is 0.405 e. The van der Waals surface area contributed by atoms with Crippen molar-refractivity contribution in [3.8, 4) is 5.75 Å². The number of hydrogen-bond donors (Lipinski definition) is 0. The Morgan fingerprint density at radius 2 is 1.90 bits per heavy atom. The summed E-state index contributed by atoms with van der Waals surface area (Å²) in [5.41, 5.74) is 0.0167. The highest BCUT2D eigenvalue weighted by atomic mass is 32.2. The highest BCUT2D eigenvalue weighted by molar-refractivity contribution is 7.99. The van der Waals surface area contributed by atoms with E-state index in [9.17, 15) is 18.0 Å². The molecule has 0 N–H and O–H groups in total. The minimum absolute atomic E-state index is 0.0167. The molecule has 0 aromatic heterocycles. The maximum atomic E-state index is 12.3. The van der Waals surface area contributed by atoms with Crippen molar-refractivity contribution in [3.05, 3.63) is 29.8 Å². The molecule has 1 heterocycles. The number of benzene rings is 1. The topological polar surface area (TPSA) is 26.3 Å². The Hall–Kier alpha value is -1.17. The first-order chi connectivity index (χ1) is 9.46. The second kappa shape index (κ2) is 6.52. The normalized spacial score (nSPS) is 16.9. The Labute approximate surface area is 119 Å². The van der Waals surface area contributed by atoms with Gasteiger partial charge >= 0.3 is 6.36 Å². The summed E-state index contributed by atoms with van der Waals surface area (Å²) in [4.78, 5) is 12.2. The molecule has 1 aliphatic rings. The van der Waals surface area contributed by atoms with E-state index < -0.39 is 12.1 Å². The lowest BCUT2D eigenvalue weighted by atomic mass is 9.93. The fourth-order valence-electron chi connectivity index (χ4n) is 2.23. The van der Waals surface area contributed by atoms with Gasteiger partial charge in [0, 0.05) is 6.42 Å². The van der Waals surface area contributed by atoms with Gasteiger partial charge in [-0.05, 0) is 42.4 Å². The third-order valence-corrected chi connectivity index (χ3v) is 4.28. The van der Waals surface area contributed by atoms with Gasteiger partial charge in [-0.1, -0.05) is 12.1 Å². The van der Waals surface area contributed by atoms with Crippen molar-refractivity contribution < 1.29 is 22.7 Å². The maximum absolute atomic E-state index is 12.3. The third kappa shape index (κ3) is 4.44. The number of alkyl halides is 3. The van der Waals surface area contributed by atoms with Crippen molar-refractivity contribution in [2.24, 2.45) is 5.92 Å². The zero-order chi connectivity index (χ0) is 14.6. The Bertz CT molecular complexity index is 468. The number of hydrogen-bond acceptors (Lipinski definition) is 3. The van der Waals surface area contributed by atoms with Gasteiger partial charge in [0.2, 0.25) is 0 Å². The van der Waals surface area contributed by atoms with Gasteiger partial charge in [0.05, 0.1) is 5.56 Å². The van der Waals surface area contributed by atoms with Crippen molar-refractivity contribution >= 4 is 17.5 Å². The van der Waals surface area contributed by atoms with Crippen LogP contribution in [0.3, 0.4) is 0 Å². The molecule has 0 atom stereocenters. The number of thioether (sulfide) groups is 1. The Balaban J connectivity index is 2.08. The summed E-state index contributed by atoms with van der Waals surface area (Å²) in [5, 5.41) is 0. The molecule has 0 saturated carbocycles. The van der Waals surface area contributed by atoms with Gasteiger partial charge in [-0.2, -0.15) is 11.8 Å². The molecule has 1 fully saturated rings. The maximum Gasteiger partial charge on any atom is 0.573 e. The van der Waals surface area contributed by atoms with Crippen LogP contribution in [0.1, 0.15) is 29.6 Å². The summed E-state index contributed by atoms with van der Waals surface area (Å²) in [7, 11) is 0. The number of ether oxygens (including phenoxy) is 1. The molecule has 2 rings (SSSR count). The van der Waals surface area contributed by atoms with Crippen molar-refractivity contribution in [2.75, 3.05) is 11.5 Å². The number of carbonyl (C=O) groups excluding carboxylic acids is 1. The van der Waals surface area contributed by atoms with E-state index in [1.807, 2.05) is 11.8 Å². The average molecular weight is 304 g/mol. The van der Waals surface area contributed by atoms with E-state index in [1.54, 1.807) is 6.07 Å². The molecule has 0 unspecified atom stereocenters. The summed E-state index contributed by atoms with van der Waals surface area (Å²) < 4.78 is 40.8. The monoisotopic (exact) mass is 304 g/mol. The Morgan fingerprint density at radius 3 is 2.55 bits per heavy atom. The van der Waals surface area contributed by atoms with Gasteiger partial charge < -0.3 is 4.74 Å². The molecule has 0 radical (unpaired) electrons. The van der Waals surface area contributed by atoms with Crippen molar-refractivity contribution in [1.82, 2.24) is 0 Å². The molecule has 1 saturated heterocycles. The number of ketones is 1. The fraction of sp³-hybridized carbons (Fsp3) is 0.500. The molecular formula is C14H15F3O2S. The molecule has 2 nitrogen and oxygen atoms in total. The molecule has 20 heavy (non-hydrogen) atoms. The molecule has 0 amide bonds. The molecule has 0 spiro atoms. The first kappa shape index (κ1) is 15.2. The summed E-state index contributed by atoms with van der Waals surface area (Å²) in [6, 6.07) is 5.54. The van der Waals surface area contributed by atoms with Crippen LogP contribution in [0.4, 0.5) is 13.2 Å². The highest BCUT2D eigenvalue weighted by Gasteiger charge is 2.33. The van der Waals surface area contributed by atoms with Crippen molar-refractivity contribution in [3.63, 3.8) is 0 Å². The summed E-state index contributed by atoms with van der Waals surface area (Å²) in [5.74, 6) is 1.61. The van der Waals surface area contributed by atoms with Crippen LogP contribution in [0.5, 0.6) is 5.75 Å². The fourth-order valence-corrected chi connectivity index (χ4v) is 3.44. The number of Topliss-reactive ketones (excluding diaryl/α,β-unsaturated/α-hetero) is 1. The second-order valence-corrected chi connectivity index (χ2v) is 5.95. The first-order valence-electron chi connectivity index (χ1n) is 6.41. The van der Waals surface area contributed by atoms with Gasteiger partial charge in [-0.15, -0.1) is 13.2 Å². The van der Waals surface area contributed by atoms with E-state index in [2.05, 4.69) is 4.74 Å². The molecule has 6 heteroatoms. The molecule has 0 aliphatic carbocycles. The van der Waals surface area contributed by atoms with Gasteiger partial charge in [0.1, 0.15) is 5.75 Å². The van der Waals surface area contributed by atoms with Crippen LogP contribution < -0.4 is 4.74 Å². The van der Waals surface area contributed by atoms with Crippen LogP contribution in [0.2, 0.25) is 0 Å². The van der Waals surface area contributed by atoms with Gasteiger partial charge in [0.25, 0.3) is 0 Å². The SMILES string of the molecule is O=C(CC1CCSCC1)c1ccccc1OC(F)(F)F. The lowest BCUT2D eigenvalue weighted by Crippen LogP contribution is -2.20. The molecule has 1 aliphatic heterocycles. The lowest BCUT2D eigenvalue weighted by Gasteiger charge is -2.21. The average Bonchev–Trinajstić information content (AvgIpc) is 2.38. The lowest BCUT2D eigenvalue weighted by molar-refractivity contribution is -0.274. The zero-order valence-corrected chi connectivity index (χ0v) is 11.6. The molecule has 110 valence electrons. The minimum Gasteiger partial charge on any atom is -0.405 e. The predicted molar refractivity (Wildman–Crippen MR) is 72.1 cm³/mol. The molecule has 1 aromatic carbocycles. The second-order valence-electron chi connectivity index (χ2n) is 4.73. The van der Waals surface area contributed by atoms with Crippen LogP contribution >= 0.6 is 11.8 Å². The number of carbonyl (C=O) groups is 1. The van der Waals surface area contributed by atoms with E-state index in [1.165, 1.54) is 18.2 Å². The highest BCUT2D eigenvalue weighted by Crippen LogP contribution is 2.30. The van der Waals surface area contributed by atoms with Crippen molar-refractivity contribution in [1.29, 1.82) is 0 Å². The Morgan fingerprint density at radius 1 is 1.25 bits per heavy atom. The summed E-state index contributed by atoms with van der Waals surface area (Å²) >= 11 is 1.85. The predicted octanol–water partition coefficient (Wildman–Crippen LogP) is 4.30. The van der Waals surface area contributed by atoms with E-state index in [0.29, 0.717) is 6.42 Å². The third-order valence-electron chi connectivity index (χ3n) is 3.23. The quantitative estimate of drug-likeness (QED) is 0.776. The van der Waals surface area contributed by atoms with Crippen LogP contribution in [-0.4, -0.2) is 23.7 Å². The van der Waals surface area contributed by atoms with Crippen LogP contribution in [-0.2, 0) is 0 Å². The van der Waals surface area contributed by atoms with E-state index in [-0.39, 0.29) is 17.3 Å². The molecule has 1 aromatic rings. The number of para-hydroxylation sites is 1. The minimum atomic E-state index is -4.78. The molecule has 0 bridgehead atoms. The van der Waals surface area contributed by atoms with Crippen LogP contribution in [0.25, 0.3) is 0 Å². The van der Waals surface area contributed by atoms with E-state index in [0.717, 1.165) is 24.3 Å². The molecular weight excluding hydrogens is 289 g/mol. The number of halogens is 3. The van der Waals surface area contributed by atoms with E-state index in [4.69, 9.17) is 0 Å². The largest absolute Gasteiger partial charge is 0.573 e. The Kier molecular flexibility index (Phi) is 4.96. The zero-order valence-electron chi connectivity index (χ0n) is 10.8.